The van der Waals surface area contributed by atoms with Crippen LogP contribution in [0.5, 0.6) is 0 Å². The number of imidazole rings is 1. The predicted octanol–water partition coefficient (Wildman–Crippen LogP) is 6.53. The molecule has 0 spiro atoms. The summed E-state index contributed by atoms with van der Waals surface area (Å²) in [5, 5.41) is 0.755. The third kappa shape index (κ3) is 3.81. The van der Waals surface area contributed by atoms with Crippen LogP contribution in [0.3, 0.4) is 0 Å². The average molecular weight is 373 g/mol. The second-order valence-electron chi connectivity index (χ2n) is 6.85. The highest BCUT2D eigenvalue weighted by Crippen LogP contribution is 2.24. The van der Waals surface area contributed by atoms with Gasteiger partial charge in [0.05, 0.1) is 11.0 Å². The molecule has 27 heavy (non-hydrogen) atoms. The number of aromatic nitrogens is 2. The summed E-state index contributed by atoms with van der Waals surface area (Å²) in [4.78, 5) is 4.89. The summed E-state index contributed by atoms with van der Waals surface area (Å²) >= 11 is 6.05. The Balaban J connectivity index is 1.81. The minimum absolute atomic E-state index is 0.755. The lowest BCUT2D eigenvalue weighted by molar-refractivity contribution is 0.813. The van der Waals surface area contributed by atoms with Crippen molar-refractivity contribution in [1.29, 1.82) is 0 Å². The monoisotopic (exact) mass is 372 g/mol. The number of aryl methyl sites for hydroxylation is 2. The maximum absolute atomic E-state index is 6.05. The van der Waals surface area contributed by atoms with Crippen molar-refractivity contribution in [3.8, 4) is 0 Å². The Kier molecular flexibility index (Phi) is 4.83. The molecule has 0 atom stereocenters. The Labute approximate surface area is 164 Å². The molecule has 0 aliphatic rings. The summed E-state index contributed by atoms with van der Waals surface area (Å²) < 4.78 is 2.27. The quantitative estimate of drug-likeness (QED) is 0.398. The van der Waals surface area contributed by atoms with E-state index in [0.29, 0.717) is 0 Å². The summed E-state index contributed by atoms with van der Waals surface area (Å²) in [6.07, 6.45) is 4.20. The van der Waals surface area contributed by atoms with Gasteiger partial charge in [0, 0.05) is 11.6 Å². The van der Waals surface area contributed by atoms with Crippen molar-refractivity contribution in [2.75, 3.05) is 0 Å². The lowest BCUT2D eigenvalue weighted by Gasteiger charge is -2.09. The number of fused-ring (bicyclic) bond motifs is 1. The number of rotatable bonds is 4. The fourth-order valence-corrected chi connectivity index (χ4v) is 3.33. The second-order valence-corrected chi connectivity index (χ2v) is 7.29. The van der Waals surface area contributed by atoms with Crippen molar-refractivity contribution in [3.63, 3.8) is 0 Å². The molecule has 3 aromatic carbocycles. The first kappa shape index (κ1) is 17.6. The van der Waals surface area contributed by atoms with E-state index in [1.807, 2.05) is 30.3 Å². The van der Waals surface area contributed by atoms with Crippen molar-refractivity contribution in [1.82, 2.24) is 9.55 Å². The number of nitrogens with zero attached hydrogens (tertiary/aromatic N) is 2. The molecule has 4 aromatic rings. The van der Waals surface area contributed by atoms with Gasteiger partial charge < -0.3 is 4.57 Å². The minimum atomic E-state index is 0.755. The molecule has 2 nitrogen and oxygen atoms in total. The van der Waals surface area contributed by atoms with Crippen LogP contribution in [0, 0.1) is 13.8 Å². The van der Waals surface area contributed by atoms with Gasteiger partial charge in [0.25, 0.3) is 0 Å². The molecule has 0 saturated heterocycles. The lowest BCUT2D eigenvalue weighted by atomic mass is 10.1. The van der Waals surface area contributed by atoms with Gasteiger partial charge in [-0.15, -0.1) is 0 Å². The third-order valence-electron chi connectivity index (χ3n) is 4.87. The van der Waals surface area contributed by atoms with Gasteiger partial charge in [-0.05, 0) is 66.4 Å². The Bertz CT molecular complexity index is 1110. The van der Waals surface area contributed by atoms with E-state index in [1.165, 1.54) is 16.7 Å². The number of halogens is 1. The fraction of sp³-hybridized carbons (Fsp3) is 0.125. The average Bonchev–Trinajstić information content (AvgIpc) is 2.99. The van der Waals surface area contributed by atoms with Crippen molar-refractivity contribution in [3.05, 3.63) is 99.8 Å². The summed E-state index contributed by atoms with van der Waals surface area (Å²) in [6.45, 7) is 5.03. The van der Waals surface area contributed by atoms with E-state index in [0.717, 1.165) is 34.0 Å². The predicted molar refractivity (Wildman–Crippen MR) is 115 cm³/mol. The summed E-state index contributed by atoms with van der Waals surface area (Å²) in [6, 6.07) is 22.7. The van der Waals surface area contributed by atoms with Crippen molar-refractivity contribution < 1.29 is 0 Å². The highest BCUT2D eigenvalue weighted by Gasteiger charge is 2.11. The second kappa shape index (κ2) is 7.42. The molecule has 1 aromatic heterocycles. The van der Waals surface area contributed by atoms with E-state index in [4.69, 9.17) is 16.6 Å². The first-order valence-corrected chi connectivity index (χ1v) is 9.43. The maximum atomic E-state index is 6.05. The third-order valence-corrected chi connectivity index (χ3v) is 5.12. The van der Waals surface area contributed by atoms with Crippen molar-refractivity contribution >= 4 is 34.8 Å². The molecule has 0 saturated carbocycles. The molecule has 0 radical (unpaired) electrons. The van der Waals surface area contributed by atoms with Crippen LogP contribution in [-0.2, 0) is 6.54 Å². The Morgan fingerprint density at radius 2 is 1.59 bits per heavy atom. The highest BCUT2D eigenvalue weighted by molar-refractivity contribution is 6.30. The van der Waals surface area contributed by atoms with E-state index in [9.17, 15) is 0 Å². The van der Waals surface area contributed by atoms with Gasteiger partial charge >= 0.3 is 0 Å². The topological polar surface area (TPSA) is 17.8 Å². The molecule has 0 aliphatic heterocycles. The summed E-state index contributed by atoms with van der Waals surface area (Å²) in [5.74, 6) is 0.953. The van der Waals surface area contributed by atoms with Gasteiger partial charge in [0.15, 0.2) is 0 Å². The molecule has 3 heteroatoms. The molecule has 0 fully saturated rings. The molecule has 0 aliphatic carbocycles. The van der Waals surface area contributed by atoms with Gasteiger partial charge in [-0.2, -0.15) is 0 Å². The number of benzene rings is 3. The molecular formula is C24H21ClN2. The normalized spacial score (nSPS) is 11.5. The Morgan fingerprint density at radius 3 is 2.33 bits per heavy atom. The van der Waals surface area contributed by atoms with Crippen LogP contribution in [0.25, 0.3) is 23.2 Å². The van der Waals surface area contributed by atoms with Crippen LogP contribution in [-0.4, -0.2) is 9.55 Å². The number of hydrogen-bond donors (Lipinski definition) is 0. The van der Waals surface area contributed by atoms with Gasteiger partial charge in [-0.3, -0.25) is 0 Å². The maximum Gasteiger partial charge on any atom is 0.134 e. The van der Waals surface area contributed by atoms with Crippen molar-refractivity contribution in [2.45, 2.75) is 20.4 Å². The van der Waals surface area contributed by atoms with E-state index in [2.05, 4.69) is 67.0 Å². The minimum Gasteiger partial charge on any atom is -0.320 e. The summed E-state index contributed by atoms with van der Waals surface area (Å²) in [5.41, 5.74) is 7.08. The van der Waals surface area contributed by atoms with Gasteiger partial charge in [-0.1, -0.05) is 60.1 Å². The van der Waals surface area contributed by atoms with Crippen LogP contribution in [0.1, 0.15) is 28.1 Å². The summed E-state index contributed by atoms with van der Waals surface area (Å²) in [7, 11) is 0. The van der Waals surface area contributed by atoms with Crippen LogP contribution in [0.2, 0.25) is 5.02 Å². The van der Waals surface area contributed by atoms with Gasteiger partial charge in [0.1, 0.15) is 5.82 Å². The first-order valence-electron chi connectivity index (χ1n) is 9.05. The van der Waals surface area contributed by atoms with Gasteiger partial charge in [0.2, 0.25) is 0 Å². The first-order chi connectivity index (χ1) is 13.1. The molecule has 0 N–H and O–H groups in total. The van der Waals surface area contributed by atoms with E-state index < -0.39 is 0 Å². The van der Waals surface area contributed by atoms with Crippen LogP contribution in [0.15, 0.2) is 66.7 Å². The van der Waals surface area contributed by atoms with E-state index in [1.54, 1.807) is 0 Å². The zero-order valence-corrected chi connectivity index (χ0v) is 16.2. The van der Waals surface area contributed by atoms with E-state index >= 15 is 0 Å². The van der Waals surface area contributed by atoms with Crippen molar-refractivity contribution in [2.24, 2.45) is 0 Å². The highest BCUT2D eigenvalue weighted by atomic mass is 35.5. The van der Waals surface area contributed by atoms with Gasteiger partial charge in [-0.25, -0.2) is 4.98 Å². The zero-order valence-electron chi connectivity index (χ0n) is 15.5. The Morgan fingerprint density at radius 1 is 0.889 bits per heavy atom. The molecule has 134 valence electrons. The molecule has 0 unspecified atom stereocenters. The van der Waals surface area contributed by atoms with Crippen LogP contribution < -0.4 is 0 Å². The molecular weight excluding hydrogens is 352 g/mol. The molecule has 4 rings (SSSR count). The SMILES string of the molecule is Cc1cc2nc(/C=C/c3ccccc3)n(Cc3ccc(Cl)cc3)c2cc1C. The molecule has 1 heterocycles. The van der Waals surface area contributed by atoms with E-state index in [-0.39, 0.29) is 0 Å². The number of hydrogen-bond acceptors (Lipinski definition) is 1. The molecule has 0 amide bonds. The largest absolute Gasteiger partial charge is 0.320 e. The van der Waals surface area contributed by atoms with Crippen LogP contribution >= 0.6 is 11.6 Å². The molecule has 0 bridgehead atoms. The smallest absolute Gasteiger partial charge is 0.134 e. The lowest BCUT2D eigenvalue weighted by Crippen LogP contribution is -2.02. The fourth-order valence-electron chi connectivity index (χ4n) is 3.20. The van der Waals surface area contributed by atoms with Crippen LogP contribution in [0.4, 0.5) is 0 Å². The standard InChI is InChI=1S/C24H21ClN2/c1-17-14-22-23(15-18(17)2)27(16-20-8-11-21(25)12-9-20)24(26-22)13-10-19-6-4-3-5-7-19/h3-15H,16H2,1-2H3/b13-10+. The Hall–Kier alpha value is -2.84. The zero-order chi connectivity index (χ0) is 18.8.